The third-order valence-corrected chi connectivity index (χ3v) is 3.52. The van der Waals surface area contributed by atoms with Gasteiger partial charge in [-0.15, -0.1) is 0 Å². The lowest BCUT2D eigenvalue weighted by Gasteiger charge is -2.13. The Kier molecular flexibility index (Phi) is 4.61. The topological polar surface area (TPSA) is 70.2 Å². The van der Waals surface area contributed by atoms with Gasteiger partial charge < -0.3 is 4.74 Å². The fourth-order valence-corrected chi connectivity index (χ4v) is 2.29. The number of nitro benzene ring substituents is 1. The van der Waals surface area contributed by atoms with Crippen LogP contribution in [-0.2, 0) is 12.8 Å². The van der Waals surface area contributed by atoms with Crippen LogP contribution < -0.4 is 4.74 Å². The number of alkyl halides is 3. The van der Waals surface area contributed by atoms with Crippen LogP contribution in [0, 0.1) is 10.1 Å². The maximum Gasteiger partial charge on any atom is 0.420 e. The van der Waals surface area contributed by atoms with E-state index in [1.54, 1.807) is 16.9 Å². The summed E-state index contributed by atoms with van der Waals surface area (Å²) in [6.07, 6.45) is -3.11. The minimum Gasteiger partial charge on any atom is -0.487 e. The minimum absolute atomic E-state index is 0.208. The number of aromatic nitrogens is 2. The van der Waals surface area contributed by atoms with Crippen molar-refractivity contribution >= 4 is 5.69 Å². The molecule has 9 heteroatoms. The second kappa shape index (κ2) is 6.87. The molecule has 0 saturated heterocycles. The summed E-state index contributed by atoms with van der Waals surface area (Å²) >= 11 is 0. The average molecular weight is 363 g/mol. The van der Waals surface area contributed by atoms with E-state index in [4.69, 9.17) is 4.74 Å². The van der Waals surface area contributed by atoms with Gasteiger partial charge >= 0.3 is 6.18 Å². The van der Waals surface area contributed by atoms with Crippen molar-refractivity contribution < 1.29 is 22.8 Å². The molecule has 0 amide bonds. The molecule has 0 saturated carbocycles. The van der Waals surface area contributed by atoms with Gasteiger partial charge in [-0.25, -0.2) is 4.68 Å². The van der Waals surface area contributed by atoms with Crippen LogP contribution in [-0.4, -0.2) is 14.7 Å². The molecular formula is C17H12F3N3O3. The molecule has 0 atom stereocenters. The molecule has 0 aliphatic carbocycles. The Morgan fingerprint density at radius 3 is 2.50 bits per heavy atom. The Bertz CT molecular complexity index is 924. The molecule has 0 N–H and O–H groups in total. The van der Waals surface area contributed by atoms with Gasteiger partial charge in [-0.1, -0.05) is 18.2 Å². The first-order valence-corrected chi connectivity index (χ1v) is 7.43. The average Bonchev–Trinajstić information content (AvgIpc) is 3.08. The largest absolute Gasteiger partial charge is 0.487 e. The van der Waals surface area contributed by atoms with E-state index in [1.165, 1.54) is 0 Å². The van der Waals surface area contributed by atoms with E-state index in [2.05, 4.69) is 5.10 Å². The fraction of sp³-hybridized carbons (Fsp3) is 0.118. The Hall–Kier alpha value is -3.36. The first-order chi connectivity index (χ1) is 12.3. The molecule has 1 heterocycles. The number of halogens is 3. The molecule has 0 radical (unpaired) electrons. The first kappa shape index (κ1) is 17.5. The highest BCUT2D eigenvalue weighted by Gasteiger charge is 2.36. The fourth-order valence-electron chi connectivity index (χ4n) is 2.29. The lowest BCUT2D eigenvalue weighted by atomic mass is 10.1. The molecule has 3 aromatic rings. The van der Waals surface area contributed by atoms with E-state index < -0.39 is 28.1 Å². The van der Waals surface area contributed by atoms with Crippen LogP contribution in [0.15, 0.2) is 60.8 Å². The van der Waals surface area contributed by atoms with Gasteiger partial charge in [0.05, 0.1) is 10.6 Å². The van der Waals surface area contributed by atoms with Gasteiger partial charge in [0.2, 0.25) is 0 Å². The maximum absolute atomic E-state index is 13.1. The molecule has 0 spiro atoms. The second-order valence-corrected chi connectivity index (χ2v) is 5.31. The van der Waals surface area contributed by atoms with Crippen LogP contribution in [0.1, 0.15) is 11.3 Å². The van der Waals surface area contributed by atoms with Crippen molar-refractivity contribution in [1.82, 2.24) is 9.78 Å². The molecule has 26 heavy (non-hydrogen) atoms. The summed E-state index contributed by atoms with van der Waals surface area (Å²) < 4.78 is 46.1. The molecule has 0 unspecified atom stereocenters. The van der Waals surface area contributed by atoms with Crippen LogP contribution in [0.25, 0.3) is 5.69 Å². The minimum atomic E-state index is -4.77. The number of hydrogen-bond donors (Lipinski definition) is 0. The van der Waals surface area contributed by atoms with Crippen molar-refractivity contribution in [1.29, 1.82) is 0 Å². The summed E-state index contributed by atoms with van der Waals surface area (Å²) in [4.78, 5) is 9.80. The van der Waals surface area contributed by atoms with E-state index in [0.717, 1.165) is 17.8 Å². The molecule has 0 bridgehead atoms. The Balaban J connectivity index is 1.80. The molecule has 2 aromatic carbocycles. The molecule has 1 aromatic heterocycles. The zero-order chi connectivity index (χ0) is 18.7. The third-order valence-electron chi connectivity index (χ3n) is 3.52. The zero-order valence-electron chi connectivity index (χ0n) is 13.2. The lowest BCUT2D eigenvalue weighted by molar-refractivity contribution is -0.385. The van der Waals surface area contributed by atoms with Gasteiger partial charge in [0, 0.05) is 18.3 Å². The summed E-state index contributed by atoms with van der Waals surface area (Å²) in [5.41, 5.74) is -0.641. The van der Waals surface area contributed by atoms with Crippen molar-refractivity contribution in [3.05, 3.63) is 82.2 Å². The Labute approximate surface area is 145 Å². The normalized spacial score (nSPS) is 11.3. The molecule has 3 rings (SSSR count). The van der Waals surface area contributed by atoms with Crippen molar-refractivity contribution in [3.8, 4) is 11.4 Å². The predicted molar refractivity (Wildman–Crippen MR) is 86.0 cm³/mol. The highest BCUT2D eigenvalue weighted by atomic mass is 19.4. The van der Waals surface area contributed by atoms with Crippen LogP contribution in [0.4, 0.5) is 18.9 Å². The third kappa shape index (κ3) is 3.82. The number of benzene rings is 2. The highest BCUT2D eigenvalue weighted by molar-refractivity contribution is 5.45. The number of nitrogens with zero attached hydrogens (tertiary/aromatic N) is 3. The SMILES string of the molecule is O=[N+]([O-])c1ccc(OCc2ccn(-c3ccccc3)n2)c(C(F)(F)F)c1. The van der Waals surface area contributed by atoms with Crippen LogP contribution in [0.2, 0.25) is 0 Å². The van der Waals surface area contributed by atoms with Gasteiger partial charge in [-0.2, -0.15) is 18.3 Å². The van der Waals surface area contributed by atoms with Crippen LogP contribution in [0.3, 0.4) is 0 Å². The monoisotopic (exact) mass is 363 g/mol. The number of non-ortho nitro benzene ring substituents is 1. The molecule has 6 nitrogen and oxygen atoms in total. The first-order valence-electron chi connectivity index (χ1n) is 7.43. The molecule has 0 aliphatic heterocycles. The van der Waals surface area contributed by atoms with E-state index in [9.17, 15) is 23.3 Å². The second-order valence-electron chi connectivity index (χ2n) is 5.31. The molecule has 0 fully saturated rings. The smallest absolute Gasteiger partial charge is 0.420 e. The zero-order valence-corrected chi connectivity index (χ0v) is 13.2. The van der Waals surface area contributed by atoms with Crippen molar-refractivity contribution in [2.75, 3.05) is 0 Å². The highest BCUT2D eigenvalue weighted by Crippen LogP contribution is 2.38. The number of nitro groups is 1. The predicted octanol–water partition coefficient (Wildman–Crippen LogP) is 4.38. The van der Waals surface area contributed by atoms with E-state index in [1.807, 2.05) is 30.3 Å². The van der Waals surface area contributed by atoms with E-state index in [0.29, 0.717) is 11.8 Å². The standard InChI is InChI=1S/C17H12F3N3O3/c18-17(19,20)15-10-14(23(24)25)6-7-16(15)26-11-12-8-9-22(21-12)13-4-2-1-3-5-13/h1-10H,11H2. The van der Waals surface area contributed by atoms with Crippen molar-refractivity contribution in [2.45, 2.75) is 12.8 Å². The van der Waals surface area contributed by atoms with Crippen molar-refractivity contribution in [2.24, 2.45) is 0 Å². The van der Waals surface area contributed by atoms with Gasteiger partial charge in [0.1, 0.15) is 23.6 Å². The number of rotatable bonds is 5. The van der Waals surface area contributed by atoms with Gasteiger partial charge in [-0.05, 0) is 24.3 Å². The molecule has 134 valence electrons. The van der Waals surface area contributed by atoms with Gasteiger partial charge in [-0.3, -0.25) is 10.1 Å². The molecule has 0 aliphatic rings. The molecular weight excluding hydrogens is 351 g/mol. The summed E-state index contributed by atoms with van der Waals surface area (Å²) in [6.45, 7) is -0.208. The quantitative estimate of drug-likeness (QED) is 0.498. The van der Waals surface area contributed by atoms with Crippen LogP contribution >= 0.6 is 0 Å². The van der Waals surface area contributed by atoms with E-state index >= 15 is 0 Å². The Morgan fingerprint density at radius 1 is 1.12 bits per heavy atom. The summed E-state index contributed by atoms with van der Waals surface area (Å²) in [5, 5.41) is 14.9. The summed E-state index contributed by atoms with van der Waals surface area (Å²) in [6, 6.07) is 13.2. The summed E-state index contributed by atoms with van der Waals surface area (Å²) in [5.74, 6) is -0.489. The lowest BCUT2D eigenvalue weighted by Crippen LogP contribution is -2.10. The van der Waals surface area contributed by atoms with Crippen LogP contribution in [0.5, 0.6) is 5.75 Å². The number of hydrogen-bond acceptors (Lipinski definition) is 4. The van der Waals surface area contributed by atoms with Gasteiger partial charge in [0.15, 0.2) is 0 Å². The number of para-hydroxylation sites is 1. The number of ether oxygens (including phenoxy) is 1. The maximum atomic E-state index is 13.1. The summed E-state index contributed by atoms with van der Waals surface area (Å²) in [7, 11) is 0. The van der Waals surface area contributed by atoms with Crippen molar-refractivity contribution in [3.63, 3.8) is 0 Å². The Morgan fingerprint density at radius 2 is 1.85 bits per heavy atom. The van der Waals surface area contributed by atoms with E-state index in [-0.39, 0.29) is 6.61 Å². The van der Waals surface area contributed by atoms with Gasteiger partial charge in [0.25, 0.3) is 5.69 Å².